The summed E-state index contributed by atoms with van der Waals surface area (Å²) in [5, 5.41) is 2.32. The fourth-order valence-electron chi connectivity index (χ4n) is 6.75. The Morgan fingerprint density at radius 2 is 1.18 bits per heavy atom. The van der Waals surface area contributed by atoms with Gasteiger partial charge in [-0.25, -0.2) is 4.90 Å². The molecule has 4 aromatic rings. The zero-order valence-corrected chi connectivity index (χ0v) is 20.9. The van der Waals surface area contributed by atoms with Crippen LogP contribution < -0.4 is 10.2 Å². The van der Waals surface area contributed by atoms with Crippen molar-refractivity contribution >= 4 is 29.1 Å². The molecule has 0 aromatic heterocycles. The first-order valence-electron chi connectivity index (χ1n) is 12.9. The summed E-state index contributed by atoms with van der Waals surface area (Å²) in [4.78, 5) is 42.1. The molecule has 4 aliphatic rings. The van der Waals surface area contributed by atoms with Crippen LogP contribution in [0.4, 0.5) is 24.5 Å². The Hall–Kier alpha value is -4.72. The van der Waals surface area contributed by atoms with Crippen LogP contribution in [0, 0.1) is 11.8 Å². The Bertz CT molecular complexity index is 1620. The molecular formula is C32H21F3N2O3. The van der Waals surface area contributed by atoms with Crippen LogP contribution in [0.1, 0.15) is 50.0 Å². The van der Waals surface area contributed by atoms with Gasteiger partial charge in [0.2, 0.25) is 11.8 Å². The predicted molar refractivity (Wildman–Crippen MR) is 142 cm³/mol. The maximum Gasteiger partial charge on any atom is 0.418 e. The number of carbonyl (C=O) groups is 3. The highest BCUT2D eigenvalue weighted by atomic mass is 19.4. The summed E-state index contributed by atoms with van der Waals surface area (Å²) in [6.45, 7) is 0. The highest BCUT2D eigenvalue weighted by Gasteiger charge is 2.61. The number of nitrogens with one attached hydrogen (secondary N) is 1. The van der Waals surface area contributed by atoms with E-state index in [-0.39, 0.29) is 40.6 Å². The first-order valence-corrected chi connectivity index (χ1v) is 12.9. The highest BCUT2D eigenvalue weighted by molar-refractivity contribution is 6.23. The van der Waals surface area contributed by atoms with Crippen molar-refractivity contribution in [2.45, 2.75) is 18.0 Å². The Balaban J connectivity index is 1.24. The van der Waals surface area contributed by atoms with E-state index in [2.05, 4.69) is 5.32 Å². The predicted octanol–water partition coefficient (Wildman–Crippen LogP) is 6.35. The van der Waals surface area contributed by atoms with Gasteiger partial charge in [-0.1, -0.05) is 66.7 Å². The van der Waals surface area contributed by atoms with Crippen molar-refractivity contribution in [3.63, 3.8) is 0 Å². The second-order valence-corrected chi connectivity index (χ2v) is 10.3. The Morgan fingerprint density at radius 1 is 0.675 bits per heavy atom. The number of hydrogen-bond acceptors (Lipinski definition) is 3. The van der Waals surface area contributed by atoms with Gasteiger partial charge in [0, 0.05) is 17.4 Å². The van der Waals surface area contributed by atoms with E-state index in [4.69, 9.17) is 0 Å². The van der Waals surface area contributed by atoms with Crippen molar-refractivity contribution in [2.75, 3.05) is 10.2 Å². The topological polar surface area (TPSA) is 66.5 Å². The first kappa shape index (κ1) is 24.3. The van der Waals surface area contributed by atoms with Gasteiger partial charge < -0.3 is 5.32 Å². The fourth-order valence-corrected chi connectivity index (χ4v) is 6.75. The van der Waals surface area contributed by atoms with Crippen LogP contribution in [0.3, 0.4) is 0 Å². The lowest BCUT2D eigenvalue weighted by molar-refractivity contribution is -0.137. The molecule has 5 nitrogen and oxygen atoms in total. The lowest BCUT2D eigenvalue weighted by Crippen LogP contribution is -2.41. The molecule has 8 heteroatoms. The van der Waals surface area contributed by atoms with Crippen LogP contribution >= 0.6 is 0 Å². The summed E-state index contributed by atoms with van der Waals surface area (Å²) in [6, 6.07) is 26.4. The van der Waals surface area contributed by atoms with Crippen molar-refractivity contribution in [3.8, 4) is 0 Å². The van der Waals surface area contributed by atoms with Crippen LogP contribution in [0.25, 0.3) is 0 Å². The number of hydrogen-bond donors (Lipinski definition) is 1. The number of anilines is 2. The summed E-state index contributed by atoms with van der Waals surface area (Å²) in [7, 11) is 0. The van der Waals surface area contributed by atoms with E-state index >= 15 is 0 Å². The van der Waals surface area contributed by atoms with Gasteiger partial charge in [-0.3, -0.25) is 14.4 Å². The van der Waals surface area contributed by atoms with Crippen LogP contribution in [-0.4, -0.2) is 17.7 Å². The lowest BCUT2D eigenvalue weighted by Gasteiger charge is -2.45. The van der Waals surface area contributed by atoms with Gasteiger partial charge in [-0.2, -0.15) is 13.2 Å². The quantitative estimate of drug-likeness (QED) is 0.309. The van der Waals surface area contributed by atoms with Crippen molar-refractivity contribution in [1.82, 2.24) is 0 Å². The second kappa shape index (κ2) is 8.64. The molecule has 1 saturated heterocycles. The summed E-state index contributed by atoms with van der Waals surface area (Å²) in [6.07, 6.45) is -4.65. The summed E-state index contributed by atoms with van der Waals surface area (Å²) < 4.78 is 40.3. The molecule has 1 heterocycles. The standard InChI is InChI=1S/C32H21F3N2O3/c33-32(34,35)23-14-5-6-15-24(23)36-29(38)17-8-7-9-18(16-17)37-30(39)27-25-19-10-1-2-11-20(19)26(28(27)31(37)40)22-13-4-3-12-21(22)25/h1-16,25-28H,(H,36,38)/t25?,26?,27-,28+. The summed E-state index contributed by atoms with van der Waals surface area (Å²) in [5.74, 6) is -3.17. The highest BCUT2D eigenvalue weighted by Crippen LogP contribution is 2.61. The number of benzene rings is 4. The van der Waals surface area contributed by atoms with Gasteiger partial charge in [-0.05, 0) is 52.6 Å². The third-order valence-corrected chi connectivity index (χ3v) is 8.30. The third-order valence-electron chi connectivity index (χ3n) is 8.30. The number of carbonyl (C=O) groups excluding carboxylic acids is 3. The number of rotatable bonds is 3. The first-order chi connectivity index (χ1) is 19.3. The zero-order chi connectivity index (χ0) is 27.8. The Labute approximate surface area is 227 Å². The average Bonchev–Trinajstić information content (AvgIpc) is 3.23. The van der Waals surface area contributed by atoms with Gasteiger partial charge in [-0.15, -0.1) is 0 Å². The van der Waals surface area contributed by atoms with Crippen LogP contribution in [0.2, 0.25) is 0 Å². The minimum atomic E-state index is -4.65. The molecule has 1 N–H and O–H groups in total. The molecule has 2 atom stereocenters. The molecule has 0 radical (unpaired) electrons. The average molecular weight is 539 g/mol. The van der Waals surface area contributed by atoms with Crippen LogP contribution in [0.15, 0.2) is 97.1 Å². The lowest BCUT2D eigenvalue weighted by atomic mass is 9.55. The maximum atomic E-state index is 14.0. The van der Waals surface area contributed by atoms with Gasteiger partial charge >= 0.3 is 6.18 Å². The molecule has 0 saturated carbocycles. The van der Waals surface area contributed by atoms with E-state index in [0.29, 0.717) is 0 Å². The van der Waals surface area contributed by atoms with Crippen molar-refractivity contribution < 1.29 is 27.6 Å². The maximum absolute atomic E-state index is 14.0. The van der Waals surface area contributed by atoms with E-state index in [1.165, 1.54) is 36.4 Å². The van der Waals surface area contributed by atoms with Gasteiger partial charge in [0.15, 0.2) is 0 Å². The van der Waals surface area contributed by atoms with Crippen LogP contribution in [0.5, 0.6) is 0 Å². The Morgan fingerprint density at radius 3 is 1.70 bits per heavy atom. The molecule has 3 amide bonds. The molecule has 0 spiro atoms. The second-order valence-electron chi connectivity index (χ2n) is 10.3. The van der Waals surface area contributed by atoms with E-state index in [1.54, 1.807) is 6.07 Å². The minimum absolute atomic E-state index is 0.0273. The largest absolute Gasteiger partial charge is 0.418 e. The molecule has 1 aliphatic heterocycles. The Kier molecular flexibility index (Phi) is 5.26. The monoisotopic (exact) mass is 538 g/mol. The molecular weight excluding hydrogens is 517 g/mol. The summed E-state index contributed by atoms with van der Waals surface area (Å²) >= 11 is 0. The van der Waals surface area contributed by atoms with Crippen molar-refractivity contribution in [3.05, 3.63) is 130 Å². The van der Waals surface area contributed by atoms with E-state index in [0.717, 1.165) is 33.2 Å². The SMILES string of the molecule is O=C(Nc1ccccc1C(F)(F)F)c1cccc(N2C(=O)[C@@H]3C4c5ccccc5C(c5ccccc54)[C@@H]3C2=O)c1. The zero-order valence-electron chi connectivity index (χ0n) is 20.9. The van der Waals surface area contributed by atoms with E-state index in [9.17, 15) is 27.6 Å². The van der Waals surface area contributed by atoms with Crippen molar-refractivity contribution in [1.29, 1.82) is 0 Å². The van der Waals surface area contributed by atoms with Crippen LogP contribution in [-0.2, 0) is 15.8 Å². The van der Waals surface area contributed by atoms with E-state index < -0.39 is 29.5 Å². The van der Waals surface area contributed by atoms with Gasteiger partial charge in [0.25, 0.3) is 5.91 Å². The van der Waals surface area contributed by atoms with Gasteiger partial charge in [0.1, 0.15) is 0 Å². The molecule has 198 valence electrons. The minimum Gasteiger partial charge on any atom is -0.321 e. The number of para-hydroxylation sites is 1. The number of amides is 3. The van der Waals surface area contributed by atoms with Gasteiger partial charge in [0.05, 0.1) is 28.8 Å². The fraction of sp³-hybridized carbons (Fsp3) is 0.156. The summed E-state index contributed by atoms with van der Waals surface area (Å²) in [5.41, 5.74) is 3.09. The normalized spacial score (nSPS) is 22.5. The number of alkyl halides is 3. The third kappa shape index (κ3) is 3.45. The smallest absolute Gasteiger partial charge is 0.321 e. The number of imide groups is 1. The molecule has 2 bridgehead atoms. The molecule has 0 unspecified atom stereocenters. The molecule has 1 fully saturated rings. The number of halogens is 3. The van der Waals surface area contributed by atoms with E-state index in [1.807, 2.05) is 48.5 Å². The molecule has 40 heavy (non-hydrogen) atoms. The molecule has 8 rings (SSSR count). The molecule has 3 aliphatic carbocycles. The molecule has 4 aromatic carbocycles. The number of nitrogens with zero attached hydrogens (tertiary/aromatic N) is 1. The van der Waals surface area contributed by atoms with Crippen molar-refractivity contribution in [2.24, 2.45) is 11.8 Å².